The molecule has 112 valence electrons. The van der Waals surface area contributed by atoms with Crippen LogP contribution in [-0.4, -0.2) is 13.6 Å². The molecule has 0 fully saturated rings. The van der Waals surface area contributed by atoms with Gasteiger partial charge in [-0.1, -0.05) is 37.3 Å². The van der Waals surface area contributed by atoms with Crippen LogP contribution in [0.2, 0.25) is 0 Å². The van der Waals surface area contributed by atoms with Crippen molar-refractivity contribution in [3.05, 3.63) is 65.5 Å². The SMILES string of the molecule is CCc1ccc(N(C)CCC(N)c2ccccc2F)cc1. The molecule has 0 saturated heterocycles. The molecule has 0 aliphatic carbocycles. The second kappa shape index (κ2) is 7.23. The highest BCUT2D eigenvalue weighted by Crippen LogP contribution is 2.20. The molecule has 21 heavy (non-hydrogen) atoms. The highest BCUT2D eigenvalue weighted by molar-refractivity contribution is 5.46. The maximum absolute atomic E-state index is 13.7. The Kier molecular flexibility index (Phi) is 5.34. The van der Waals surface area contributed by atoms with Crippen molar-refractivity contribution in [3.63, 3.8) is 0 Å². The Morgan fingerprint density at radius 3 is 2.38 bits per heavy atom. The van der Waals surface area contributed by atoms with Crippen molar-refractivity contribution >= 4 is 5.69 Å². The van der Waals surface area contributed by atoms with Gasteiger partial charge in [0.05, 0.1) is 0 Å². The van der Waals surface area contributed by atoms with Crippen molar-refractivity contribution in [2.45, 2.75) is 25.8 Å². The molecule has 0 radical (unpaired) electrons. The Morgan fingerprint density at radius 2 is 1.76 bits per heavy atom. The molecule has 0 aromatic heterocycles. The van der Waals surface area contributed by atoms with Gasteiger partial charge in [0.15, 0.2) is 0 Å². The molecule has 2 N–H and O–H groups in total. The molecule has 0 bridgehead atoms. The van der Waals surface area contributed by atoms with Gasteiger partial charge in [0.2, 0.25) is 0 Å². The summed E-state index contributed by atoms with van der Waals surface area (Å²) in [6.45, 7) is 2.94. The van der Waals surface area contributed by atoms with Crippen LogP contribution in [0, 0.1) is 5.82 Å². The summed E-state index contributed by atoms with van der Waals surface area (Å²) in [7, 11) is 2.04. The van der Waals surface area contributed by atoms with E-state index in [2.05, 4.69) is 36.1 Å². The Morgan fingerprint density at radius 1 is 1.10 bits per heavy atom. The van der Waals surface area contributed by atoms with E-state index in [-0.39, 0.29) is 11.9 Å². The van der Waals surface area contributed by atoms with Crippen LogP contribution in [0.25, 0.3) is 0 Å². The fraction of sp³-hybridized carbons (Fsp3) is 0.333. The maximum Gasteiger partial charge on any atom is 0.127 e. The molecule has 2 nitrogen and oxygen atoms in total. The quantitative estimate of drug-likeness (QED) is 0.872. The van der Waals surface area contributed by atoms with E-state index < -0.39 is 0 Å². The zero-order valence-corrected chi connectivity index (χ0v) is 12.7. The number of benzene rings is 2. The Labute approximate surface area is 126 Å². The van der Waals surface area contributed by atoms with Gasteiger partial charge in [0, 0.05) is 30.9 Å². The molecule has 3 heteroatoms. The van der Waals surface area contributed by atoms with Crippen molar-refractivity contribution in [3.8, 4) is 0 Å². The van der Waals surface area contributed by atoms with Gasteiger partial charge >= 0.3 is 0 Å². The minimum atomic E-state index is -0.274. The molecular formula is C18H23FN2. The lowest BCUT2D eigenvalue weighted by atomic mass is 10.0. The van der Waals surface area contributed by atoms with Crippen LogP contribution in [0.5, 0.6) is 0 Å². The van der Waals surface area contributed by atoms with Gasteiger partial charge in [-0.05, 0) is 36.6 Å². The predicted octanol–water partition coefficient (Wildman–Crippen LogP) is 3.91. The van der Waals surface area contributed by atoms with Crippen LogP contribution in [-0.2, 0) is 6.42 Å². The molecule has 0 amide bonds. The first-order valence-corrected chi connectivity index (χ1v) is 7.42. The number of nitrogens with zero attached hydrogens (tertiary/aromatic N) is 1. The largest absolute Gasteiger partial charge is 0.375 e. The maximum atomic E-state index is 13.7. The van der Waals surface area contributed by atoms with Crippen molar-refractivity contribution < 1.29 is 4.39 Å². The van der Waals surface area contributed by atoms with E-state index in [0.717, 1.165) is 18.7 Å². The van der Waals surface area contributed by atoms with Gasteiger partial charge in [0.1, 0.15) is 5.82 Å². The third-order valence-corrected chi connectivity index (χ3v) is 3.87. The molecule has 0 saturated carbocycles. The van der Waals surface area contributed by atoms with Crippen LogP contribution >= 0.6 is 0 Å². The summed E-state index contributed by atoms with van der Waals surface area (Å²) in [5, 5.41) is 0. The summed E-state index contributed by atoms with van der Waals surface area (Å²) in [4.78, 5) is 2.15. The Balaban J connectivity index is 1.94. The number of anilines is 1. The Bertz CT molecular complexity index is 566. The average molecular weight is 286 g/mol. The van der Waals surface area contributed by atoms with Crippen LogP contribution in [0.1, 0.15) is 30.5 Å². The number of aryl methyl sites for hydroxylation is 1. The van der Waals surface area contributed by atoms with Crippen LogP contribution in [0.3, 0.4) is 0 Å². The van der Waals surface area contributed by atoms with Crippen LogP contribution in [0.4, 0.5) is 10.1 Å². The number of nitrogens with two attached hydrogens (primary N) is 1. The highest BCUT2D eigenvalue weighted by Gasteiger charge is 2.11. The lowest BCUT2D eigenvalue weighted by molar-refractivity contribution is 0.563. The standard InChI is InChI=1S/C18H23FN2/c1-3-14-8-10-15(11-9-14)21(2)13-12-18(20)16-6-4-5-7-17(16)19/h4-11,18H,3,12-13,20H2,1-2H3. The molecule has 0 aliphatic rings. The minimum absolute atomic E-state index is 0.222. The van der Waals surface area contributed by atoms with E-state index in [0.29, 0.717) is 12.0 Å². The zero-order chi connectivity index (χ0) is 15.2. The van der Waals surface area contributed by atoms with E-state index in [4.69, 9.17) is 5.73 Å². The van der Waals surface area contributed by atoms with Crippen molar-refractivity contribution in [1.82, 2.24) is 0 Å². The highest BCUT2D eigenvalue weighted by atomic mass is 19.1. The summed E-state index contributed by atoms with van der Waals surface area (Å²) in [5.74, 6) is -0.222. The van der Waals surface area contributed by atoms with Gasteiger partial charge < -0.3 is 10.6 Å². The van der Waals surface area contributed by atoms with Gasteiger partial charge in [-0.3, -0.25) is 0 Å². The van der Waals surface area contributed by atoms with E-state index >= 15 is 0 Å². The first-order valence-electron chi connectivity index (χ1n) is 7.42. The summed E-state index contributed by atoms with van der Waals surface area (Å²) in [6, 6.07) is 15.0. The predicted molar refractivity (Wildman–Crippen MR) is 87.0 cm³/mol. The van der Waals surface area contributed by atoms with Crippen molar-refractivity contribution in [2.24, 2.45) is 5.73 Å². The second-order valence-corrected chi connectivity index (χ2v) is 5.36. The molecule has 1 unspecified atom stereocenters. The first-order chi connectivity index (χ1) is 10.1. The monoisotopic (exact) mass is 286 g/mol. The van der Waals surface area contributed by atoms with E-state index in [1.807, 2.05) is 13.1 Å². The number of hydrogen-bond donors (Lipinski definition) is 1. The Hall–Kier alpha value is -1.87. The molecule has 0 spiro atoms. The third kappa shape index (κ3) is 4.05. The van der Waals surface area contributed by atoms with E-state index in [1.54, 1.807) is 12.1 Å². The van der Waals surface area contributed by atoms with Crippen LogP contribution < -0.4 is 10.6 Å². The average Bonchev–Trinajstić information content (AvgIpc) is 2.52. The smallest absolute Gasteiger partial charge is 0.127 e. The lowest BCUT2D eigenvalue weighted by Gasteiger charge is -2.22. The van der Waals surface area contributed by atoms with Gasteiger partial charge in [-0.15, -0.1) is 0 Å². The minimum Gasteiger partial charge on any atom is -0.375 e. The normalized spacial score (nSPS) is 12.2. The van der Waals surface area contributed by atoms with E-state index in [9.17, 15) is 4.39 Å². The summed E-state index contributed by atoms with van der Waals surface area (Å²) >= 11 is 0. The fourth-order valence-electron chi connectivity index (χ4n) is 2.38. The zero-order valence-electron chi connectivity index (χ0n) is 12.7. The molecule has 0 aliphatic heterocycles. The summed E-state index contributed by atoms with van der Waals surface area (Å²) < 4.78 is 13.7. The molecule has 2 aromatic carbocycles. The topological polar surface area (TPSA) is 29.3 Å². The molecule has 1 atom stereocenters. The number of rotatable bonds is 6. The molecule has 0 heterocycles. The first kappa shape index (κ1) is 15.5. The summed E-state index contributed by atoms with van der Waals surface area (Å²) in [5.41, 5.74) is 9.18. The number of hydrogen-bond acceptors (Lipinski definition) is 2. The molecule has 2 aromatic rings. The van der Waals surface area contributed by atoms with Gasteiger partial charge in [-0.25, -0.2) is 4.39 Å². The third-order valence-electron chi connectivity index (χ3n) is 3.87. The van der Waals surface area contributed by atoms with Crippen molar-refractivity contribution in [1.29, 1.82) is 0 Å². The van der Waals surface area contributed by atoms with E-state index in [1.165, 1.54) is 11.6 Å². The van der Waals surface area contributed by atoms with Crippen LogP contribution in [0.15, 0.2) is 48.5 Å². The molecule has 2 rings (SSSR count). The van der Waals surface area contributed by atoms with Gasteiger partial charge in [-0.2, -0.15) is 0 Å². The fourth-order valence-corrected chi connectivity index (χ4v) is 2.38. The van der Waals surface area contributed by atoms with Crippen molar-refractivity contribution in [2.75, 3.05) is 18.5 Å². The molecular weight excluding hydrogens is 263 g/mol. The second-order valence-electron chi connectivity index (χ2n) is 5.36. The van der Waals surface area contributed by atoms with Gasteiger partial charge in [0.25, 0.3) is 0 Å². The summed E-state index contributed by atoms with van der Waals surface area (Å²) in [6.07, 6.45) is 1.76. The number of halogens is 1. The lowest BCUT2D eigenvalue weighted by Crippen LogP contribution is -2.23.